The van der Waals surface area contributed by atoms with Gasteiger partial charge < -0.3 is 10.0 Å². The number of anilines is 1. The zero-order chi connectivity index (χ0) is 18.1. The van der Waals surface area contributed by atoms with Crippen LogP contribution in [0.15, 0.2) is 65.3 Å². The van der Waals surface area contributed by atoms with E-state index in [4.69, 9.17) is 0 Å². The number of carbonyl (C=O) groups is 1. The topological polar surface area (TPSA) is 64.9 Å². The summed E-state index contributed by atoms with van der Waals surface area (Å²) >= 11 is 0. The van der Waals surface area contributed by atoms with Gasteiger partial charge in [0.2, 0.25) is 0 Å². The Hall–Kier alpha value is -2.92. The van der Waals surface area contributed by atoms with Gasteiger partial charge in [0.25, 0.3) is 5.91 Å². The molecule has 0 spiro atoms. The van der Waals surface area contributed by atoms with Gasteiger partial charge in [0.05, 0.1) is 6.21 Å². The van der Waals surface area contributed by atoms with E-state index in [2.05, 4.69) is 10.5 Å². The predicted molar refractivity (Wildman–Crippen MR) is 103 cm³/mol. The van der Waals surface area contributed by atoms with Crippen LogP contribution in [0, 0.1) is 0 Å². The molecule has 0 saturated carbocycles. The van der Waals surface area contributed by atoms with Crippen LogP contribution in [0.1, 0.15) is 17.5 Å². The molecule has 0 fully saturated rings. The second kappa shape index (κ2) is 9.39. The van der Waals surface area contributed by atoms with E-state index in [0.717, 1.165) is 16.8 Å². The molecule has 5 heteroatoms. The number of hydrogen-bond donors (Lipinski definition) is 2. The highest BCUT2D eigenvalue weighted by molar-refractivity contribution is 5.98. The van der Waals surface area contributed by atoms with Crippen LogP contribution in [-0.4, -0.2) is 37.9 Å². The van der Waals surface area contributed by atoms with Gasteiger partial charge >= 0.3 is 0 Å². The molecule has 130 valence electrons. The van der Waals surface area contributed by atoms with E-state index in [1.54, 1.807) is 12.3 Å². The summed E-state index contributed by atoms with van der Waals surface area (Å²) in [6.45, 7) is -0.0954. The van der Waals surface area contributed by atoms with Gasteiger partial charge in [-0.1, -0.05) is 42.5 Å². The van der Waals surface area contributed by atoms with Crippen molar-refractivity contribution in [2.24, 2.45) is 5.10 Å². The summed E-state index contributed by atoms with van der Waals surface area (Å²) in [5.41, 5.74) is 5.89. The van der Waals surface area contributed by atoms with Gasteiger partial charge in [-0.25, -0.2) is 5.43 Å². The maximum absolute atomic E-state index is 12.3. The van der Waals surface area contributed by atoms with E-state index in [-0.39, 0.29) is 18.9 Å². The highest BCUT2D eigenvalue weighted by Gasteiger charge is 2.08. The van der Waals surface area contributed by atoms with Crippen LogP contribution in [0.25, 0.3) is 6.08 Å². The molecule has 0 aliphatic rings. The van der Waals surface area contributed by atoms with Gasteiger partial charge in [-0.2, -0.15) is 5.10 Å². The smallest absolute Gasteiger partial charge is 0.267 e. The molecule has 0 radical (unpaired) electrons. The minimum atomic E-state index is -0.320. The van der Waals surface area contributed by atoms with E-state index in [1.807, 2.05) is 73.6 Å². The van der Waals surface area contributed by atoms with Gasteiger partial charge in [-0.05, 0) is 29.3 Å². The van der Waals surface area contributed by atoms with Crippen molar-refractivity contribution < 1.29 is 9.90 Å². The normalized spacial score (nSPS) is 11.6. The summed E-state index contributed by atoms with van der Waals surface area (Å²) in [4.78, 5) is 14.3. The van der Waals surface area contributed by atoms with Crippen LogP contribution in [0.4, 0.5) is 5.69 Å². The molecule has 2 N–H and O–H groups in total. The Morgan fingerprint density at radius 2 is 1.76 bits per heavy atom. The number of amides is 1. The SMILES string of the molecule is CN(C)c1ccc(/C=N\NC(=O)/C(=C/c2ccccc2)CCO)cc1. The van der Waals surface area contributed by atoms with Crippen LogP contribution in [-0.2, 0) is 4.79 Å². The zero-order valence-corrected chi connectivity index (χ0v) is 14.5. The maximum Gasteiger partial charge on any atom is 0.267 e. The van der Waals surface area contributed by atoms with E-state index in [0.29, 0.717) is 5.57 Å². The van der Waals surface area contributed by atoms with E-state index >= 15 is 0 Å². The van der Waals surface area contributed by atoms with E-state index in [9.17, 15) is 9.90 Å². The quantitative estimate of drug-likeness (QED) is 0.464. The first-order chi connectivity index (χ1) is 12.1. The Bertz CT molecular complexity index is 735. The van der Waals surface area contributed by atoms with E-state index < -0.39 is 0 Å². The average Bonchev–Trinajstić information content (AvgIpc) is 2.62. The fourth-order valence-corrected chi connectivity index (χ4v) is 2.22. The number of rotatable bonds is 7. The van der Waals surface area contributed by atoms with Crippen LogP contribution >= 0.6 is 0 Å². The predicted octanol–water partition coefficient (Wildman–Crippen LogP) is 2.67. The summed E-state index contributed by atoms with van der Waals surface area (Å²) < 4.78 is 0. The van der Waals surface area contributed by atoms with Crippen molar-refractivity contribution in [3.63, 3.8) is 0 Å². The monoisotopic (exact) mass is 337 g/mol. The molecule has 0 aliphatic carbocycles. The van der Waals surface area contributed by atoms with Crippen LogP contribution in [0.5, 0.6) is 0 Å². The minimum Gasteiger partial charge on any atom is -0.396 e. The third-order valence-corrected chi connectivity index (χ3v) is 3.60. The van der Waals surface area contributed by atoms with Gasteiger partial charge in [-0.3, -0.25) is 4.79 Å². The van der Waals surface area contributed by atoms with Crippen molar-refractivity contribution in [2.45, 2.75) is 6.42 Å². The molecule has 2 aromatic carbocycles. The van der Waals surface area contributed by atoms with Crippen LogP contribution in [0.3, 0.4) is 0 Å². The molecular weight excluding hydrogens is 314 g/mol. The molecule has 0 bridgehead atoms. The Labute approximate surface area is 148 Å². The maximum atomic E-state index is 12.3. The Morgan fingerprint density at radius 1 is 1.08 bits per heavy atom. The summed E-state index contributed by atoms with van der Waals surface area (Å²) in [6, 6.07) is 17.3. The van der Waals surface area contributed by atoms with Crippen molar-refractivity contribution in [1.29, 1.82) is 0 Å². The Kier molecular flexibility index (Phi) is 6.92. The molecule has 0 aliphatic heterocycles. The first kappa shape index (κ1) is 18.4. The fourth-order valence-electron chi connectivity index (χ4n) is 2.22. The van der Waals surface area contributed by atoms with Gasteiger partial charge in [-0.15, -0.1) is 0 Å². The molecule has 0 heterocycles. The standard InChI is InChI=1S/C20H23N3O2/c1-23(2)19-10-8-17(9-11-19)15-21-22-20(25)18(12-13-24)14-16-6-4-3-5-7-16/h3-11,14-15,24H,12-13H2,1-2H3,(H,22,25)/b18-14+,21-15-. The van der Waals surface area contributed by atoms with Crippen LogP contribution < -0.4 is 10.3 Å². The zero-order valence-electron chi connectivity index (χ0n) is 14.5. The molecule has 5 nitrogen and oxygen atoms in total. The molecular formula is C20H23N3O2. The van der Waals surface area contributed by atoms with Crippen molar-refractivity contribution in [2.75, 3.05) is 25.6 Å². The number of aliphatic hydroxyl groups excluding tert-OH is 1. The van der Waals surface area contributed by atoms with Gasteiger partial charge in [0.15, 0.2) is 0 Å². The van der Waals surface area contributed by atoms with Crippen LogP contribution in [0.2, 0.25) is 0 Å². The molecule has 0 aromatic heterocycles. The summed E-state index contributed by atoms with van der Waals surface area (Å²) in [6.07, 6.45) is 3.62. The molecule has 0 saturated heterocycles. The van der Waals surface area contributed by atoms with Crippen molar-refractivity contribution in [3.05, 3.63) is 71.3 Å². The molecule has 2 aromatic rings. The number of benzene rings is 2. The third kappa shape index (κ3) is 5.90. The van der Waals surface area contributed by atoms with Gasteiger partial charge in [0.1, 0.15) is 0 Å². The molecule has 25 heavy (non-hydrogen) atoms. The largest absolute Gasteiger partial charge is 0.396 e. The minimum absolute atomic E-state index is 0.0954. The molecule has 2 rings (SSSR count). The summed E-state index contributed by atoms with van der Waals surface area (Å²) in [5, 5.41) is 13.2. The number of carbonyl (C=O) groups excluding carboxylic acids is 1. The number of nitrogens with zero attached hydrogens (tertiary/aromatic N) is 2. The Morgan fingerprint density at radius 3 is 2.36 bits per heavy atom. The van der Waals surface area contributed by atoms with Crippen molar-refractivity contribution in [3.8, 4) is 0 Å². The average molecular weight is 337 g/mol. The van der Waals surface area contributed by atoms with E-state index in [1.165, 1.54) is 0 Å². The highest BCUT2D eigenvalue weighted by Crippen LogP contribution is 2.11. The number of hydrazone groups is 1. The molecule has 0 atom stereocenters. The lowest BCUT2D eigenvalue weighted by Crippen LogP contribution is -2.20. The number of aliphatic hydroxyl groups is 1. The lowest BCUT2D eigenvalue weighted by atomic mass is 10.1. The Balaban J connectivity index is 2.02. The molecule has 0 unspecified atom stereocenters. The number of hydrogen-bond acceptors (Lipinski definition) is 4. The first-order valence-corrected chi connectivity index (χ1v) is 8.07. The third-order valence-electron chi connectivity index (χ3n) is 3.60. The van der Waals surface area contributed by atoms with Crippen molar-refractivity contribution in [1.82, 2.24) is 5.43 Å². The fraction of sp³-hybridized carbons (Fsp3) is 0.200. The molecule has 1 amide bonds. The lowest BCUT2D eigenvalue weighted by molar-refractivity contribution is -0.117. The second-order valence-corrected chi connectivity index (χ2v) is 5.74. The lowest BCUT2D eigenvalue weighted by Gasteiger charge is -2.11. The first-order valence-electron chi connectivity index (χ1n) is 8.07. The highest BCUT2D eigenvalue weighted by atomic mass is 16.3. The van der Waals surface area contributed by atoms with Gasteiger partial charge in [0, 0.05) is 38.4 Å². The summed E-state index contributed by atoms with van der Waals surface area (Å²) in [5.74, 6) is -0.320. The number of nitrogens with one attached hydrogen (secondary N) is 1. The second-order valence-electron chi connectivity index (χ2n) is 5.74. The summed E-state index contributed by atoms with van der Waals surface area (Å²) in [7, 11) is 3.95. The van der Waals surface area contributed by atoms with Crippen molar-refractivity contribution >= 4 is 23.9 Å².